The smallest absolute Gasteiger partial charge is 0.352 e. The van der Waals surface area contributed by atoms with Gasteiger partial charge in [0.2, 0.25) is 11.8 Å². The second kappa shape index (κ2) is 10.5. The Hall–Kier alpha value is -1.06. The first-order valence-corrected chi connectivity index (χ1v) is 9.31. The second-order valence-corrected chi connectivity index (χ2v) is 7.29. The van der Waals surface area contributed by atoms with E-state index in [-0.39, 0.29) is 24.2 Å². The molecular formula is C17H30ClF3N4O2. The zero-order valence-electron chi connectivity index (χ0n) is 15.8. The van der Waals surface area contributed by atoms with E-state index in [1.165, 1.54) is 9.80 Å². The van der Waals surface area contributed by atoms with E-state index in [2.05, 4.69) is 10.6 Å². The van der Waals surface area contributed by atoms with E-state index in [0.717, 1.165) is 12.8 Å². The highest BCUT2D eigenvalue weighted by molar-refractivity contribution is 5.88. The minimum Gasteiger partial charge on any atom is -0.352 e. The average molecular weight is 415 g/mol. The standard InChI is InChI=1S/C17H29F3N4O2.ClH/c1-12(2)16(26)24-8-4-3-5-13(24)15(25)22-11-14(17(18,19)20)23-9-6-21-7-10-23;/h12-14,21H,3-11H2,1-2H3,(H,22,25);1H. The maximum atomic E-state index is 13.4. The van der Waals surface area contributed by atoms with Gasteiger partial charge in [-0.3, -0.25) is 14.5 Å². The van der Waals surface area contributed by atoms with Crippen molar-refractivity contribution in [2.75, 3.05) is 39.3 Å². The molecule has 0 spiro atoms. The molecule has 2 aliphatic heterocycles. The average Bonchev–Trinajstić information content (AvgIpc) is 2.60. The van der Waals surface area contributed by atoms with Crippen molar-refractivity contribution in [2.24, 2.45) is 5.92 Å². The number of hydrogen-bond donors (Lipinski definition) is 2. The summed E-state index contributed by atoms with van der Waals surface area (Å²) in [6, 6.07) is -2.37. The summed E-state index contributed by atoms with van der Waals surface area (Å²) in [5.74, 6) is -0.852. The van der Waals surface area contributed by atoms with Crippen molar-refractivity contribution in [3.63, 3.8) is 0 Å². The van der Waals surface area contributed by atoms with Crippen LogP contribution in [-0.2, 0) is 9.59 Å². The molecule has 0 radical (unpaired) electrons. The number of piperidine rings is 1. The summed E-state index contributed by atoms with van der Waals surface area (Å²) < 4.78 is 40.3. The summed E-state index contributed by atoms with van der Waals surface area (Å²) in [5.41, 5.74) is 0. The normalized spacial score (nSPS) is 22.9. The topological polar surface area (TPSA) is 64.7 Å². The fourth-order valence-corrected chi connectivity index (χ4v) is 3.56. The highest BCUT2D eigenvalue weighted by Crippen LogP contribution is 2.25. The summed E-state index contributed by atoms with van der Waals surface area (Å²) in [6.07, 6.45) is -2.31. The largest absolute Gasteiger partial charge is 0.405 e. The molecule has 2 rings (SSSR count). The molecule has 2 amide bonds. The predicted octanol–water partition coefficient (Wildman–Crippen LogP) is 1.40. The quantitative estimate of drug-likeness (QED) is 0.713. The molecule has 2 saturated heterocycles. The molecular weight excluding hydrogens is 385 g/mol. The molecule has 0 aromatic heterocycles. The van der Waals surface area contributed by atoms with E-state index in [1.807, 2.05) is 0 Å². The summed E-state index contributed by atoms with van der Waals surface area (Å²) in [6.45, 7) is 5.10. The molecule has 2 N–H and O–H groups in total. The van der Waals surface area contributed by atoms with Gasteiger partial charge in [-0.25, -0.2) is 0 Å². The van der Waals surface area contributed by atoms with Gasteiger partial charge in [-0.1, -0.05) is 13.8 Å². The van der Waals surface area contributed by atoms with Gasteiger partial charge in [-0.15, -0.1) is 12.4 Å². The second-order valence-electron chi connectivity index (χ2n) is 7.29. The predicted molar refractivity (Wildman–Crippen MR) is 98.7 cm³/mol. The van der Waals surface area contributed by atoms with Crippen molar-refractivity contribution in [3.8, 4) is 0 Å². The fourth-order valence-electron chi connectivity index (χ4n) is 3.56. The number of likely N-dealkylation sites (tertiary alicyclic amines) is 1. The van der Waals surface area contributed by atoms with E-state index < -0.39 is 30.7 Å². The molecule has 2 fully saturated rings. The maximum Gasteiger partial charge on any atom is 0.405 e. The Morgan fingerprint density at radius 3 is 2.33 bits per heavy atom. The van der Waals surface area contributed by atoms with Crippen LogP contribution in [0.1, 0.15) is 33.1 Å². The minimum atomic E-state index is -4.41. The van der Waals surface area contributed by atoms with Crippen LogP contribution in [0.2, 0.25) is 0 Å². The number of alkyl halides is 3. The van der Waals surface area contributed by atoms with Gasteiger partial charge in [0.15, 0.2) is 0 Å². The third kappa shape index (κ3) is 6.50. The molecule has 27 heavy (non-hydrogen) atoms. The first-order valence-electron chi connectivity index (χ1n) is 9.31. The lowest BCUT2D eigenvalue weighted by Crippen LogP contribution is -2.59. The van der Waals surface area contributed by atoms with Crippen molar-refractivity contribution in [1.82, 2.24) is 20.4 Å². The number of carbonyl (C=O) groups is 2. The van der Waals surface area contributed by atoms with Gasteiger partial charge in [0.05, 0.1) is 0 Å². The summed E-state index contributed by atoms with van der Waals surface area (Å²) in [4.78, 5) is 27.7. The third-order valence-electron chi connectivity index (χ3n) is 5.02. The molecule has 0 bridgehead atoms. The van der Waals surface area contributed by atoms with Gasteiger partial charge >= 0.3 is 6.18 Å². The first kappa shape index (κ1) is 24.0. The highest BCUT2D eigenvalue weighted by atomic mass is 35.5. The van der Waals surface area contributed by atoms with E-state index in [9.17, 15) is 22.8 Å². The number of amides is 2. The highest BCUT2D eigenvalue weighted by Gasteiger charge is 2.44. The molecule has 6 nitrogen and oxygen atoms in total. The van der Waals surface area contributed by atoms with Crippen LogP contribution in [0.25, 0.3) is 0 Å². The number of carbonyl (C=O) groups excluding carboxylic acids is 2. The Balaban J connectivity index is 0.00000364. The van der Waals surface area contributed by atoms with Crippen molar-refractivity contribution in [3.05, 3.63) is 0 Å². The number of hydrogen-bond acceptors (Lipinski definition) is 4. The van der Waals surface area contributed by atoms with Crippen molar-refractivity contribution < 1.29 is 22.8 Å². The molecule has 2 heterocycles. The van der Waals surface area contributed by atoms with E-state index in [4.69, 9.17) is 0 Å². The lowest BCUT2D eigenvalue weighted by atomic mass is 9.99. The molecule has 0 aliphatic carbocycles. The number of nitrogens with zero attached hydrogens (tertiary/aromatic N) is 2. The van der Waals surface area contributed by atoms with Gasteiger partial charge in [0.25, 0.3) is 0 Å². The molecule has 10 heteroatoms. The SMILES string of the molecule is CC(C)C(=O)N1CCCCC1C(=O)NCC(N1CCNCC1)C(F)(F)F.Cl. The van der Waals surface area contributed by atoms with Crippen LogP contribution >= 0.6 is 12.4 Å². The van der Waals surface area contributed by atoms with Crippen LogP contribution in [-0.4, -0.2) is 79.1 Å². The molecule has 0 aromatic carbocycles. The molecule has 2 aliphatic rings. The number of rotatable bonds is 5. The Morgan fingerprint density at radius 1 is 1.15 bits per heavy atom. The van der Waals surface area contributed by atoms with Crippen LogP contribution in [0, 0.1) is 5.92 Å². The van der Waals surface area contributed by atoms with E-state index >= 15 is 0 Å². The van der Waals surface area contributed by atoms with Crippen LogP contribution in [0.5, 0.6) is 0 Å². The zero-order chi connectivity index (χ0) is 19.3. The van der Waals surface area contributed by atoms with Gasteiger partial charge < -0.3 is 15.5 Å². The molecule has 158 valence electrons. The number of nitrogens with one attached hydrogen (secondary N) is 2. The van der Waals surface area contributed by atoms with Gasteiger partial charge in [0.1, 0.15) is 12.1 Å². The van der Waals surface area contributed by atoms with E-state index in [0.29, 0.717) is 39.1 Å². The Bertz CT molecular complexity index is 499. The van der Waals surface area contributed by atoms with Crippen LogP contribution < -0.4 is 10.6 Å². The maximum absolute atomic E-state index is 13.4. The van der Waals surface area contributed by atoms with E-state index in [1.54, 1.807) is 13.8 Å². The Morgan fingerprint density at radius 2 is 1.78 bits per heavy atom. The third-order valence-corrected chi connectivity index (χ3v) is 5.02. The molecule has 0 saturated carbocycles. The van der Waals surface area contributed by atoms with Crippen molar-refractivity contribution in [2.45, 2.75) is 51.4 Å². The Labute approximate surface area is 164 Å². The van der Waals surface area contributed by atoms with Crippen LogP contribution in [0.4, 0.5) is 13.2 Å². The monoisotopic (exact) mass is 414 g/mol. The zero-order valence-corrected chi connectivity index (χ0v) is 16.7. The van der Waals surface area contributed by atoms with Crippen molar-refractivity contribution in [1.29, 1.82) is 0 Å². The summed E-state index contributed by atoms with van der Waals surface area (Å²) >= 11 is 0. The van der Waals surface area contributed by atoms with Gasteiger partial charge in [-0.2, -0.15) is 13.2 Å². The molecule has 0 aromatic rings. The van der Waals surface area contributed by atoms with Crippen LogP contribution in [0.3, 0.4) is 0 Å². The van der Waals surface area contributed by atoms with Gasteiger partial charge in [-0.05, 0) is 19.3 Å². The number of halogens is 4. The lowest BCUT2D eigenvalue weighted by molar-refractivity contribution is -0.184. The fraction of sp³-hybridized carbons (Fsp3) is 0.882. The Kier molecular flexibility index (Phi) is 9.30. The molecule has 2 unspecified atom stereocenters. The van der Waals surface area contributed by atoms with Crippen molar-refractivity contribution >= 4 is 24.2 Å². The first-order chi connectivity index (χ1) is 12.2. The molecule has 2 atom stereocenters. The summed E-state index contributed by atoms with van der Waals surface area (Å²) in [7, 11) is 0. The van der Waals surface area contributed by atoms with Crippen LogP contribution in [0.15, 0.2) is 0 Å². The summed E-state index contributed by atoms with van der Waals surface area (Å²) in [5, 5.41) is 5.49. The lowest BCUT2D eigenvalue weighted by Gasteiger charge is -2.38. The minimum absolute atomic E-state index is 0. The number of piperazine rings is 1. The van der Waals surface area contributed by atoms with Gasteiger partial charge in [0, 0.05) is 45.2 Å².